The highest BCUT2D eigenvalue weighted by atomic mass is 16.5. The number of benzene rings is 1. The molecule has 0 spiro atoms. The summed E-state index contributed by atoms with van der Waals surface area (Å²) < 4.78 is 5.71. The van der Waals surface area contributed by atoms with Gasteiger partial charge in [-0.3, -0.25) is 0 Å². The van der Waals surface area contributed by atoms with Crippen molar-refractivity contribution in [2.45, 2.75) is 20.1 Å². The van der Waals surface area contributed by atoms with E-state index in [1.165, 1.54) is 6.08 Å². The van der Waals surface area contributed by atoms with Crippen LogP contribution in [0.25, 0.3) is 5.57 Å². The standard InChI is InChI=1S/C17H17NO4/c1-2-14(17(20)21)16-15(9-8-13(10-19)18-16)22-11-12-6-4-3-5-7-12/h2-9,19H,10-11H2,1H3,(H,20,21). The summed E-state index contributed by atoms with van der Waals surface area (Å²) in [6, 6.07) is 12.8. The van der Waals surface area contributed by atoms with Crippen LogP contribution in [0.5, 0.6) is 5.75 Å². The van der Waals surface area contributed by atoms with Crippen LogP contribution >= 0.6 is 0 Å². The van der Waals surface area contributed by atoms with Crippen LogP contribution in [-0.4, -0.2) is 21.2 Å². The molecule has 0 radical (unpaired) electrons. The van der Waals surface area contributed by atoms with Gasteiger partial charge in [-0.15, -0.1) is 0 Å². The minimum atomic E-state index is -1.09. The van der Waals surface area contributed by atoms with Crippen molar-refractivity contribution in [1.29, 1.82) is 0 Å². The van der Waals surface area contributed by atoms with Gasteiger partial charge in [-0.1, -0.05) is 36.4 Å². The zero-order valence-corrected chi connectivity index (χ0v) is 12.2. The van der Waals surface area contributed by atoms with Gasteiger partial charge in [0.25, 0.3) is 0 Å². The first-order chi connectivity index (χ1) is 10.7. The van der Waals surface area contributed by atoms with E-state index in [-0.39, 0.29) is 17.9 Å². The lowest BCUT2D eigenvalue weighted by Gasteiger charge is -2.12. The number of pyridine rings is 1. The van der Waals surface area contributed by atoms with E-state index in [0.717, 1.165) is 5.56 Å². The minimum absolute atomic E-state index is 0.0401. The fourth-order valence-electron chi connectivity index (χ4n) is 1.98. The van der Waals surface area contributed by atoms with Gasteiger partial charge >= 0.3 is 5.97 Å². The Hall–Kier alpha value is -2.66. The van der Waals surface area contributed by atoms with Crippen LogP contribution < -0.4 is 4.74 Å². The normalized spacial score (nSPS) is 11.3. The van der Waals surface area contributed by atoms with Crippen LogP contribution in [0.2, 0.25) is 0 Å². The second kappa shape index (κ2) is 7.38. The molecule has 0 fully saturated rings. The molecule has 1 aromatic heterocycles. The van der Waals surface area contributed by atoms with Crippen LogP contribution in [0.4, 0.5) is 0 Å². The fraction of sp³-hybridized carbons (Fsp3) is 0.176. The molecular formula is C17H17NO4. The van der Waals surface area contributed by atoms with E-state index >= 15 is 0 Å². The van der Waals surface area contributed by atoms with Crippen LogP contribution in [0.3, 0.4) is 0 Å². The molecule has 114 valence electrons. The molecule has 0 atom stereocenters. The van der Waals surface area contributed by atoms with Crippen LogP contribution in [0.15, 0.2) is 48.5 Å². The predicted octanol–water partition coefficient (Wildman–Crippen LogP) is 2.64. The van der Waals surface area contributed by atoms with Crippen molar-refractivity contribution in [3.05, 3.63) is 65.5 Å². The molecule has 1 aromatic carbocycles. The van der Waals surface area contributed by atoms with Crippen molar-refractivity contribution < 1.29 is 19.7 Å². The monoisotopic (exact) mass is 299 g/mol. The number of carboxylic acid groups (broad SMARTS) is 1. The van der Waals surface area contributed by atoms with Crippen molar-refractivity contribution in [2.75, 3.05) is 0 Å². The highest BCUT2D eigenvalue weighted by molar-refractivity contribution is 6.15. The number of carbonyl (C=O) groups is 1. The molecule has 0 unspecified atom stereocenters. The first-order valence-electron chi connectivity index (χ1n) is 6.83. The van der Waals surface area contributed by atoms with Crippen LogP contribution in [-0.2, 0) is 18.0 Å². The summed E-state index contributed by atoms with van der Waals surface area (Å²) >= 11 is 0. The molecule has 0 aliphatic carbocycles. The quantitative estimate of drug-likeness (QED) is 0.802. The SMILES string of the molecule is CC=C(C(=O)O)c1nc(CO)ccc1OCc1ccccc1. The molecular weight excluding hydrogens is 282 g/mol. The highest BCUT2D eigenvalue weighted by Gasteiger charge is 2.17. The molecule has 1 heterocycles. The molecule has 22 heavy (non-hydrogen) atoms. The third kappa shape index (κ3) is 3.71. The van der Waals surface area contributed by atoms with Crippen LogP contribution in [0, 0.1) is 0 Å². The summed E-state index contributed by atoms with van der Waals surface area (Å²) in [5.41, 5.74) is 1.62. The average Bonchev–Trinajstić information content (AvgIpc) is 2.54. The van der Waals surface area contributed by atoms with E-state index in [2.05, 4.69) is 4.98 Å². The number of allylic oxidation sites excluding steroid dienone is 1. The largest absolute Gasteiger partial charge is 0.487 e. The maximum Gasteiger partial charge on any atom is 0.337 e. The number of rotatable bonds is 6. The summed E-state index contributed by atoms with van der Waals surface area (Å²) in [6.45, 7) is 1.67. The van der Waals surface area contributed by atoms with Crippen molar-refractivity contribution in [3.8, 4) is 5.75 Å². The maximum atomic E-state index is 11.3. The molecule has 0 aliphatic heterocycles. The lowest BCUT2D eigenvalue weighted by molar-refractivity contribution is -0.130. The Morgan fingerprint density at radius 1 is 1.23 bits per heavy atom. The van der Waals surface area contributed by atoms with Gasteiger partial charge in [0.1, 0.15) is 18.1 Å². The Bertz CT molecular complexity index is 680. The smallest absolute Gasteiger partial charge is 0.337 e. The topological polar surface area (TPSA) is 79.7 Å². The van der Waals surface area contributed by atoms with E-state index in [1.807, 2.05) is 30.3 Å². The van der Waals surface area contributed by atoms with Gasteiger partial charge < -0.3 is 14.9 Å². The summed E-state index contributed by atoms with van der Waals surface area (Å²) in [5.74, 6) is -0.716. The molecule has 5 heteroatoms. The van der Waals surface area contributed by atoms with E-state index in [0.29, 0.717) is 18.1 Å². The van der Waals surface area contributed by atoms with Crippen molar-refractivity contribution >= 4 is 11.5 Å². The Kier molecular flexibility index (Phi) is 5.27. The summed E-state index contributed by atoms with van der Waals surface area (Å²) in [4.78, 5) is 15.5. The Morgan fingerprint density at radius 2 is 1.95 bits per heavy atom. The number of aliphatic hydroxyl groups excluding tert-OH is 1. The third-order valence-electron chi connectivity index (χ3n) is 3.09. The van der Waals surface area contributed by atoms with Gasteiger partial charge in [0.05, 0.1) is 17.9 Å². The van der Waals surface area contributed by atoms with E-state index < -0.39 is 5.97 Å². The molecule has 5 nitrogen and oxygen atoms in total. The summed E-state index contributed by atoms with van der Waals surface area (Å²) in [7, 11) is 0. The first-order valence-corrected chi connectivity index (χ1v) is 6.83. The van der Waals surface area contributed by atoms with Gasteiger partial charge in [0.15, 0.2) is 0 Å². The number of aliphatic hydroxyl groups is 1. The first kappa shape index (κ1) is 15.7. The van der Waals surface area contributed by atoms with Crippen molar-refractivity contribution in [3.63, 3.8) is 0 Å². The molecule has 0 saturated heterocycles. The average molecular weight is 299 g/mol. The van der Waals surface area contributed by atoms with Gasteiger partial charge in [0, 0.05) is 0 Å². The lowest BCUT2D eigenvalue weighted by atomic mass is 10.1. The van der Waals surface area contributed by atoms with Gasteiger partial charge in [0.2, 0.25) is 0 Å². The third-order valence-corrected chi connectivity index (χ3v) is 3.09. The number of aromatic nitrogens is 1. The Morgan fingerprint density at radius 3 is 2.55 bits per heavy atom. The number of hydrogen-bond acceptors (Lipinski definition) is 4. The summed E-state index contributed by atoms with van der Waals surface area (Å²) in [6.07, 6.45) is 1.46. The fourth-order valence-corrected chi connectivity index (χ4v) is 1.98. The van der Waals surface area contributed by atoms with E-state index in [9.17, 15) is 15.0 Å². The highest BCUT2D eigenvalue weighted by Crippen LogP contribution is 2.26. The van der Waals surface area contributed by atoms with E-state index in [1.54, 1.807) is 19.1 Å². The molecule has 2 aromatic rings. The zero-order chi connectivity index (χ0) is 15.9. The number of ether oxygens (including phenoxy) is 1. The second-order valence-electron chi connectivity index (χ2n) is 4.59. The Balaban J connectivity index is 2.32. The zero-order valence-electron chi connectivity index (χ0n) is 12.2. The van der Waals surface area contributed by atoms with Gasteiger partial charge in [-0.25, -0.2) is 9.78 Å². The lowest BCUT2D eigenvalue weighted by Crippen LogP contribution is -2.07. The predicted molar refractivity (Wildman–Crippen MR) is 82.2 cm³/mol. The van der Waals surface area contributed by atoms with Gasteiger partial charge in [-0.2, -0.15) is 0 Å². The molecule has 0 amide bonds. The Labute approximate surface area is 128 Å². The van der Waals surface area contributed by atoms with Crippen molar-refractivity contribution in [2.24, 2.45) is 0 Å². The molecule has 0 bridgehead atoms. The number of carboxylic acids is 1. The molecule has 0 saturated carbocycles. The number of aliphatic carboxylic acids is 1. The van der Waals surface area contributed by atoms with Crippen LogP contribution in [0.1, 0.15) is 23.9 Å². The molecule has 2 rings (SSSR count). The maximum absolute atomic E-state index is 11.3. The summed E-state index contributed by atoms with van der Waals surface area (Å²) in [5, 5.41) is 18.5. The van der Waals surface area contributed by atoms with E-state index in [4.69, 9.17) is 4.74 Å². The molecule has 2 N–H and O–H groups in total. The van der Waals surface area contributed by atoms with Gasteiger partial charge in [-0.05, 0) is 24.6 Å². The number of hydrogen-bond donors (Lipinski definition) is 2. The minimum Gasteiger partial charge on any atom is -0.487 e. The van der Waals surface area contributed by atoms with Crippen molar-refractivity contribution in [1.82, 2.24) is 4.98 Å². The second-order valence-corrected chi connectivity index (χ2v) is 4.59. The molecule has 0 aliphatic rings. The number of nitrogens with zero attached hydrogens (tertiary/aromatic N) is 1.